The second-order valence-electron chi connectivity index (χ2n) is 5.30. The third kappa shape index (κ3) is 14.1. The molecule has 0 atom stereocenters. The van der Waals surface area contributed by atoms with Crippen LogP contribution in [0.4, 0.5) is 0 Å². The molecule has 0 spiro atoms. The molecule has 0 bridgehead atoms. The van der Waals surface area contributed by atoms with Crippen LogP contribution in [0.5, 0.6) is 0 Å². The molecule has 0 aliphatic carbocycles. The van der Waals surface area contributed by atoms with Crippen molar-refractivity contribution in [2.24, 2.45) is 5.92 Å². The summed E-state index contributed by atoms with van der Waals surface area (Å²) in [5.74, 6) is 0.529. The maximum absolute atomic E-state index is 5.73. The highest BCUT2D eigenvalue weighted by molar-refractivity contribution is 5.14. The van der Waals surface area contributed by atoms with Crippen molar-refractivity contribution in [1.29, 1.82) is 0 Å². The molecule has 0 aromatic heterocycles. The van der Waals surface area contributed by atoms with Crippen LogP contribution in [0, 0.1) is 5.92 Å². The molecule has 21 heavy (non-hydrogen) atoms. The molecule has 0 radical (unpaired) electrons. The van der Waals surface area contributed by atoms with Crippen LogP contribution in [-0.2, 0) is 14.2 Å². The molecule has 124 valence electrons. The number of allylic oxidation sites excluding steroid dienone is 3. The minimum absolute atomic E-state index is 0.529. The van der Waals surface area contributed by atoms with E-state index in [9.17, 15) is 0 Å². The molecule has 3 heteroatoms. The van der Waals surface area contributed by atoms with Gasteiger partial charge in [0.1, 0.15) is 0 Å². The van der Waals surface area contributed by atoms with Crippen molar-refractivity contribution < 1.29 is 14.2 Å². The van der Waals surface area contributed by atoms with Gasteiger partial charge >= 0.3 is 0 Å². The largest absolute Gasteiger partial charge is 0.382 e. The van der Waals surface area contributed by atoms with E-state index >= 15 is 0 Å². The third-order valence-electron chi connectivity index (χ3n) is 3.05. The lowest BCUT2D eigenvalue weighted by molar-refractivity contribution is 0.0692. The van der Waals surface area contributed by atoms with Gasteiger partial charge in [-0.15, -0.1) is 0 Å². The van der Waals surface area contributed by atoms with Crippen LogP contribution >= 0.6 is 0 Å². The molecule has 0 aromatic carbocycles. The Balaban J connectivity index is 3.54. The lowest BCUT2D eigenvalue weighted by atomic mass is 10.0. The summed E-state index contributed by atoms with van der Waals surface area (Å²) in [4.78, 5) is 0. The fourth-order valence-electron chi connectivity index (χ4n) is 1.70. The minimum atomic E-state index is 0.529. The lowest BCUT2D eigenvalue weighted by Gasteiger charge is -2.11. The molecule has 0 saturated carbocycles. The summed E-state index contributed by atoms with van der Waals surface area (Å²) in [6.07, 6.45) is 9.46. The van der Waals surface area contributed by atoms with Gasteiger partial charge in [0.25, 0.3) is 0 Å². The number of rotatable bonds is 14. The number of hydrogen-bond acceptors (Lipinski definition) is 3. The molecule has 0 amide bonds. The smallest absolute Gasteiger partial charge is 0.0682 e. The molecule has 0 fully saturated rings. The van der Waals surface area contributed by atoms with E-state index in [-0.39, 0.29) is 0 Å². The van der Waals surface area contributed by atoms with Crippen LogP contribution in [0.1, 0.15) is 47.0 Å². The van der Waals surface area contributed by atoms with Gasteiger partial charge in [0.2, 0.25) is 0 Å². The Morgan fingerprint density at radius 1 is 0.905 bits per heavy atom. The Kier molecular flexibility index (Phi) is 15.3. The Hall–Kier alpha value is -0.640. The molecule has 0 aliphatic heterocycles. The van der Waals surface area contributed by atoms with Gasteiger partial charge in [0.05, 0.1) is 6.61 Å². The van der Waals surface area contributed by atoms with E-state index in [0.717, 1.165) is 58.9 Å². The Morgan fingerprint density at radius 3 is 2.10 bits per heavy atom. The van der Waals surface area contributed by atoms with Crippen molar-refractivity contribution in [3.8, 4) is 0 Å². The summed E-state index contributed by atoms with van der Waals surface area (Å²) < 4.78 is 16.5. The highest BCUT2D eigenvalue weighted by Crippen LogP contribution is 2.10. The van der Waals surface area contributed by atoms with E-state index in [1.54, 1.807) is 0 Å². The Labute approximate surface area is 131 Å². The Bertz CT molecular complexity index is 270. The van der Waals surface area contributed by atoms with Crippen molar-refractivity contribution in [3.05, 3.63) is 23.8 Å². The minimum Gasteiger partial charge on any atom is -0.382 e. The fraction of sp³-hybridized carbons (Fsp3) is 0.778. The lowest BCUT2D eigenvalue weighted by Crippen LogP contribution is -2.08. The summed E-state index contributed by atoms with van der Waals surface area (Å²) in [6.45, 7) is 13.2. The first kappa shape index (κ1) is 20.4. The maximum atomic E-state index is 5.73. The zero-order valence-corrected chi connectivity index (χ0v) is 14.4. The van der Waals surface area contributed by atoms with Crippen molar-refractivity contribution in [3.63, 3.8) is 0 Å². The first-order chi connectivity index (χ1) is 10.2. The predicted molar refractivity (Wildman–Crippen MR) is 89.7 cm³/mol. The van der Waals surface area contributed by atoms with Gasteiger partial charge in [-0.3, -0.25) is 0 Å². The van der Waals surface area contributed by atoms with E-state index in [4.69, 9.17) is 14.2 Å². The molecule has 0 aromatic rings. The van der Waals surface area contributed by atoms with Crippen LogP contribution in [0.15, 0.2) is 23.8 Å². The van der Waals surface area contributed by atoms with Crippen LogP contribution in [-0.4, -0.2) is 39.6 Å². The van der Waals surface area contributed by atoms with Gasteiger partial charge in [0.15, 0.2) is 0 Å². The summed E-state index contributed by atoms with van der Waals surface area (Å²) >= 11 is 0. The van der Waals surface area contributed by atoms with E-state index in [2.05, 4.69) is 39.0 Å². The molecule has 0 rings (SSSR count). The Morgan fingerprint density at radius 2 is 1.52 bits per heavy atom. The third-order valence-corrected chi connectivity index (χ3v) is 3.05. The highest BCUT2D eigenvalue weighted by atomic mass is 16.5. The first-order valence-corrected chi connectivity index (χ1v) is 8.31. The highest BCUT2D eigenvalue weighted by Gasteiger charge is 2.02. The normalized spacial score (nSPS) is 12.7. The topological polar surface area (TPSA) is 27.7 Å². The van der Waals surface area contributed by atoms with Gasteiger partial charge in [0, 0.05) is 33.0 Å². The van der Waals surface area contributed by atoms with Crippen LogP contribution in [0.25, 0.3) is 0 Å². The molecule has 0 N–H and O–H groups in total. The van der Waals surface area contributed by atoms with E-state index in [0.29, 0.717) is 5.92 Å². The number of hydrogen-bond donors (Lipinski definition) is 0. The quantitative estimate of drug-likeness (QED) is 0.352. The molecular formula is C18H34O3. The standard InChI is InChI=1S/C18H34O3/c1-5-7-8-11-18(17(3)4)16-21-15-10-14-20-13-9-12-19-6-2/h7-8,11,17H,5-6,9-10,12-16H2,1-4H3/b8-7-,18-11-. The van der Waals surface area contributed by atoms with Crippen molar-refractivity contribution in [1.82, 2.24) is 0 Å². The van der Waals surface area contributed by atoms with Crippen molar-refractivity contribution in [2.75, 3.05) is 39.6 Å². The van der Waals surface area contributed by atoms with Crippen molar-refractivity contribution >= 4 is 0 Å². The molecule has 0 heterocycles. The van der Waals surface area contributed by atoms with Gasteiger partial charge in [-0.05, 0) is 37.7 Å². The number of ether oxygens (including phenoxy) is 3. The van der Waals surface area contributed by atoms with Gasteiger partial charge in [-0.25, -0.2) is 0 Å². The van der Waals surface area contributed by atoms with E-state index < -0.39 is 0 Å². The summed E-state index contributed by atoms with van der Waals surface area (Å²) in [6, 6.07) is 0. The monoisotopic (exact) mass is 298 g/mol. The predicted octanol–water partition coefficient (Wildman–Crippen LogP) is 4.38. The van der Waals surface area contributed by atoms with Gasteiger partial charge in [-0.2, -0.15) is 0 Å². The molecular weight excluding hydrogens is 264 g/mol. The van der Waals surface area contributed by atoms with Gasteiger partial charge < -0.3 is 14.2 Å². The van der Waals surface area contributed by atoms with Crippen LogP contribution in [0.2, 0.25) is 0 Å². The SMILES string of the molecule is CC/C=C\C=C(\COCCCOCCCOCC)C(C)C. The second-order valence-corrected chi connectivity index (χ2v) is 5.30. The van der Waals surface area contributed by atoms with Crippen LogP contribution in [0.3, 0.4) is 0 Å². The first-order valence-electron chi connectivity index (χ1n) is 8.31. The van der Waals surface area contributed by atoms with Gasteiger partial charge in [-0.1, -0.05) is 39.0 Å². The molecule has 0 saturated heterocycles. The van der Waals surface area contributed by atoms with E-state index in [1.165, 1.54) is 5.57 Å². The average molecular weight is 298 g/mol. The maximum Gasteiger partial charge on any atom is 0.0682 e. The molecule has 3 nitrogen and oxygen atoms in total. The summed E-state index contributed by atoms with van der Waals surface area (Å²) in [5, 5.41) is 0. The second kappa shape index (κ2) is 15.7. The zero-order valence-electron chi connectivity index (χ0n) is 14.4. The fourth-order valence-corrected chi connectivity index (χ4v) is 1.70. The average Bonchev–Trinajstić information content (AvgIpc) is 2.47. The molecule has 0 unspecified atom stereocenters. The van der Waals surface area contributed by atoms with Crippen molar-refractivity contribution in [2.45, 2.75) is 47.0 Å². The van der Waals surface area contributed by atoms with Crippen LogP contribution < -0.4 is 0 Å². The zero-order chi connectivity index (χ0) is 15.8. The summed E-state index contributed by atoms with van der Waals surface area (Å²) in [7, 11) is 0. The summed E-state index contributed by atoms with van der Waals surface area (Å²) in [5.41, 5.74) is 1.34. The molecule has 0 aliphatic rings. The van der Waals surface area contributed by atoms with E-state index in [1.807, 2.05) is 6.92 Å².